The van der Waals surface area contributed by atoms with Crippen molar-refractivity contribution in [1.82, 2.24) is 19.9 Å². The highest BCUT2D eigenvalue weighted by Gasteiger charge is 2.04. The highest BCUT2D eigenvalue weighted by Crippen LogP contribution is 2.24. The van der Waals surface area contributed by atoms with Crippen LogP contribution in [0.25, 0.3) is 11.0 Å². The third-order valence-corrected chi connectivity index (χ3v) is 3.69. The third kappa shape index (κ3) is 3.70. The summed E-state index contributed by atoms with van der Waals surface area (Å²) in [6.07, 6.45) is 5.02. The Hall–Kier alpha value is -3.12. The van der Waals surface area contributed by atoms with Gasteiger partial charge in [-0.3, -0.25) is 0 Å². The molecule has 0 radical (unpaired) electrons. The fourth-order valence-electron chi connectivity index (χ4n) is 2.27. The van der Waals surface area contributed by atoms with Crippen LogP contribution in [0.15, 0.2) is 61.1 Å². The molecule has 0 spiro atoms. The van der Waals surface area contributed by atoms with Gasteiger partial charge < -0.3 is 14.5 Å². The fraction of sp³-hybridized carbons (Fsp3) is 0.0556. The molecule has 4 rings (SSSR count). The lowest BCUT2D eigenvalue weighted by Crippen LogP contribution is -1.97. The number of aromatic nitrogens is 4. The Morgan fingerprint density at radius 3 is 2.60 bits per heavy atom. The number of fused-ring (bicyclic) bond motifs is 1. The molecule has 0 fully saturated rings. The first kappa shape index (κ1) is 15.4. The monoisotopic (exact) mass is 352 g/mol. The number of aromatic amines is 1. The summed E-state index contributed by atoms with van der Waals surface area (Å²) in [7, 11) is 0. The van der Waals surface area contributed by atoms with Crippen LogP contribution in [0, 0.1) is 0 Å². The number of nitrogens with one attached hydrogen (secondary N) is 1. The molecule has 2 heterocycles. The minimum atomic E-state index is 0.381. The van der Waals surface area contributed by atoms with E-state index in [2.05, 4.69) is 19.9 Å². The van der Waals surface area contributed by atoms with E-state index in [1.807, 2.05) is 30.3 Å². The van der Waals surface area contributed by atoms with Crippen molar-refractivity contribution in [3.63, 3.8) is 0 Å². The van der Waals surface area contributed by atoms with E-state index in [-0.39, 0.29) is 0 Å². The number of hydrogen-bond acceptors (Lipinski definition) is 5. The van der Waals surface area contributed by atoms with Gasteiger partial charge in [0.05, 0.1) is 17.2 Å². The van der Waals surface area contributed by atoms with Crippen LogP contribution >= 0.6 is 11.6 Å². The normalized spacial score (nSPS) is 10.8. The van der Waals surface area contributed by atoms with Crippen molar-refractivity contribution < 1.29 is 9.47 Å². The van der Waals surface area contributed by atoms with Crippen LogP contribution in [-0.2, 0) is 6.61 Å². The van der Waals surface area contributed by atoms with Crippen LogP contribution < -0.4 is 9.47 Å². The van der Waals surface area contributed by atoms with E-state index in [1.54, 1.807) is 30.7 Å². The third-order valence-electron chi connectivity index (χ3n) is 3.46. The van der Waals surface area contributed by atoms with Gasteiger partial charge in [-0.2, -0.15) is 0 Å². The summed E-state index contributed by atoms with van der Waals surface area (Å²) in [6, 6.07) is 12.6. The molecule has 0 saturated heterocycles. The molecule has 6 nitrogen and oxygen atoms in total. The summed E-state index contributed by atoms with van der Waals surface area (Å²) in [5.74, 6) is 2.56. The lowest BCUT2D eigenvalue weighted by molar-refractivity contribution is 0.296. The molecule has 124 valence electrons. The molecule has 0 bridgehead atoms. The molecule has 0 saturated carbocycles. The lowest BCUT2D eigenvalue weighted by Gasteiger charge is -2.07. The van der Waals surface area contributed by atoms with Gasteiger partial charge in [0.25, 0.3) is 0 Å². The maximum Gasteiger partial charge on any atom is 0.238 e. The highest BCUT2D eigenvalue weighted by molar-refractivity contribution is 6.31. The molecule has 2 aromatic heterocycles. The van der Waals surface area contributed by atoms with Gasteiger partial charge in [-0.15, -0.1) is 0 Å². The summed E-state index contributed by atoms with van der Waals surface area (Å²) in [5, 5.41) is 0.626. The molecule has 0 aliphatic heterocycles. The molecule has 2 aromatic carbocycles. The highest BCUT2D eigenvalue weighted by atomic mass is 35.5. The standard InChI is InChI=1S/C18H13ClN4O2/c19-12-1-6-15-16(9-12)22-10-18(23-15)25-14-4-2-13(3-5-14)24-11-17-20-7-8-21-17/h1-10H,11H2,(H,20,21). The molecule has 7 heteroatoms. The number of rotatable bonds is 5. The largest absolute Gasteiger partial charge is 0.486 e. The quantitative estimate of drug-likeness (QED) is 0.577. The van der Waals surface area contributed by atoms with E-state index >= 15 is 0 Å². The fourth-order valence-corrected chi connectivity index (χ4v) is 2.44. The zero-order chi connectivity index (χ0) is 17.1. The van der Waals surface area contributed by atoms with Crippen molar-refractivity contribution in [2.24, 2.45) is 0 Å². The van der Waals surface area contributed by atoms with Crippen LogP contribution in [0.3, 0.4) is 0 Å². The smallest absolute Gasteiger partial charge is 0.238 e. The van der Waals surface area contributed by atoms with E-state index in [1.165, 1.54) is 0 Å². The van der Waals surface area contributed by atoms with E-state index in [9.17, 15) is 0 Å². The lowest BCUT2D eigenvalue weighted by atomic mass is 10.3. The van der Waals surface area contributed by atoms with Gasteiger partial charge >= 0.3 is 0 Å². The Balaban J connectivity index is 1.44. The van der Waals surface area contributed by atoms with Gasteiger partial charge in [0.15, 0.2) is 0 Å². The second-order valence-electron chi connectivity index (χ2n) is 5.24. The summed E-state index contributed by atoms with van der Waals surface area (Å²) < 4.78 is 11.4. The molecule has 0 amide bonds. The van der Waals surface area contributed by atoms with Gasteiger partial charge in [0.2, 0.25) is 5.88 Å². The topological polar surface area (TPSA) is 72.9 Å². The van der Waals surface area contributed by atoms with Crippen molar-refractivity contribution >= 4 is 22.6 Å². The van der Waals surface area contributed by atoms with E-state index < -0.39 is 0 Å². The Morgan fingerprint density at radius 2 is 1.80 bits per heavy atom. The molecular formula is C18H13ClN4O2. The SMILES string of the molecule is Clc1ccc2nc(Oc3ccc(OCc4ncc[nH]4)cc3)cnc2c1. The van der Waals surface area contributed by atoms with Crippen LogP contribution in [-0.4, -0.2) is 19.9 Å². The van der Waals surface area contributed by atoms with Crippen molar-refractivity contribution in [3.8, 4) is 17.4 Å². The van der Waals surface area contributed by atoms with Gasteiger partial charge in [0, 0.05) is 17.4 Å². The van der Waals surface area contributed by atoms with Gasteiger partial charge in [-0.25, -0.2) is 15.0 Å². The summed E-state index contributed by atoms with van der Waals surface area (Å²) in [6.45, 7) is 0.381. The second-order valence-corrected chi connectivity index (χ2v) is 5.68. The van der Waals surface area contributed by atoms with Crippen LogP contribution in [0.2, 0.25) is 5.02 Å². The molecule has 4 aromatic rings. The second kappa shape index (κ2) is 6.78. The maximum absolute atomic E-state index is 5.94. The molecule has 0 aliphatic rings. The zero-order valence-corrected chi connectivity index (χ0v) is 13.8. The zero-order valence-electron chi connectivity index (χ0n) is 13.0. The first-order chi connectivity index (χ1) is 12.3. The first-order valence-corrected chi connectivity index (χ1v) is 7.95. The Bertz CT molecular complexity index is 988. The van der Waals surface area contributed by atoms with Gasteiger partial charge in [-0.05, 0) is 42.5 Å². The predicted molar refractivity (Wildman–Crippen MR) is 94.0 cm³/mol. The molecule has 0 unspecified atom stereocenters. The van der Waals surface area contributed by atoms with Crippen LogP contribution in [0.4, 0.5) is 0 Å². The van der Waals surface area contributed by atoms with Gasteiger partial charge in [0.1, 0.15) is 23.9 Å². The Labute approximate surface area is 148 Å². The number of hydrogen-bond donors (Lipinski definition) is 1. The molecule has 1 N–H and O–H groups in total. The average molecular weight is 353 g/mol. The van der Waals surface area contributed by atoms with E-state index in [4.69, 9.17) is 21.1 Å². The van der Waals surface area contributed by atoms with Crippen molar-refractivity contribution in [1.29, 1.82) is 0 Å². The van der Waals surface area contributed by atoms with Crippen molar-refractivity contribution in [2.45, 2.75) is 6.61 Å². The number of halogens is 1. The average Bonchev–Trinajstić information content (AvgIpc) is 3.15. The van der Waals surface area contributed by atoms with E-state index in [0.717, 1.165) is 22.6 Å². The number of ether oxygens (including phenoxy) is 2. The Morgan fingerprint density at radius 1 is 0.960 bits per heavy atom. The molecule has 25 heavy (non-hydrogen) atoms. The van der Waals surface area contributed by atoms with Crippen molar-refractivity contribution in [3.05, 3.63) is 71.9 Å². The molecule has 0 atom stereocenters. The Kier molecular flexibility index (Phi) is 4.18. The summed E-state index contributed by atoms with van der Waals surface area (Å²) >= 11 is 5.94. The number of benzene rings is 2. The minimum absolute atomic E-state index is 0.381. The number of H-pyrrole nitrogens is 1. The first-order valence-electron chi connectivity index (χ1n) is 7.57. The van der Waals surface area contributed by atoms with Gasteiger partial charge in [-0.1, -0.05) is 11.6 Å². The van der Waals surface area contributed by atoms with Crippen molar-refractivity contribution in [2.75, 3.05) is 0 Å². The summed E-state index contributed by atoms with van der Waals surface area (Å²) in [5.41, 5.74) is 1.45. The van der Waals surface area contributed by atoms with E-state index in [0.29, 0.717) is 23.3 Å². The molecule has 0 aliphatic carbocycles. The van der Waals surface area contributed by atoms with Crippen LogP contribution in [0.1, 0.15) is 5.82 Å². The van der Waals surface area contributed by atoms with Crippen LogP contribution in [0.5, 0.6) is 17.4 Å². The maximum atomic E-state index is 5.94. The minimum Gasteiger partial charge on any atom is -0.486 e. The predicted octanol–water partition coefficient (Wildman–Crippen LogP) is 4.38. The molecular weight excluding hydrogens is 340 g/mol. The number of imidazole rings is 1. The summed E-state index contributed by atoms with van der Waals surface area (Å²) in [4.78, 5) is 15.8. The number of nitrogens with zero attached hydrogens (tertiary/aromatic N) is 3.